The summed E-state index contributed by atoms with van der Waals surface area (Å²) in [6.07, 6.45) is 2.98. The van der Waals surface area contributed by atoms with Crippen LogP contribution in [0.25, 0.3) is 11.0 Å². The van der Waals surface area contributed by atoms with Crippen molar-refractivity contribution in [1.82, 2.24) is 29.4 Å². The summed E-state index contributed by atoms with van der Waals surface area (Å²) in [5.41, 5.74) is 2.72. The lowest BCUT2D eigenvalue weighted by Gasteiger charge is -2.16. The summed E-state index contributed by atoms with van der Waals surface area (Å²) in [6.45, 7) is 3.71. The highest BCUT2D eigenvalue weighted by atomic mass is 16.2. The summed E-state index contributed by atoms with van der Waals surface area (Å²) in [6, 6.07) is 7.69. The number of rotatable bonds is 3. The van der Waals surface area contributed by atoms with E-state index in [0.29, 0.717) is 5.92 Å². The van der Waals surface area contributed by atoms with Crippen LogP contribution in [0.5, 0.6) is 0 Å². The van der Waals surface area contributed by atoms with E-state index in [1.54, 1.807) is 4.68 Å². The smallest absolute Gasteiger partial charge is 0.244 e. The monoisotopic (exact) mass is 324 g/mol. The van der Waals surface area contributed by atoms with Gasteiger partial charge in [-0.1, -0.05) is 17.3 Å². The van der Waals surface area contributed by atoms with Gasteiger partial charge in [-0.25, -0.2) is 9.67 Å². The van der Waals surface area contributed by atoms with Crippen LogP contribution in [0.2, 0.25) is 0 Å². The molecule has 1 atom stereocenters. The van der Waals surface area contributed by atoms with Crippen LogP contribution in [0, 0.1) is 6.92 Å². The van der Waals surface area contributed by atoms with Gasteiger partial charge in [-0.2, -0.15) is 0 Å². The maximum atomic E-state index is 12.6. The normalized spacial score (nSPS) is 17.8. The average Bonchev–Trinajstić information content (AvgIpc) is 3.26. The number of aryl methyl sites for hydroxylation is 2. The molecule has 3 heterocycles. The van der Waals surface area contributed by atoms with E-state index in [1.807, 2.05) is 49.3 Å². The molecular formula is C17H20N6O. The van der Waals surface area contributed by atoms with Crippen molar-refractivity contribution in [1.29, 1.82) is 0 Å². The second-order valence-corrected chi connectivity index (χ2v) is 6.41. The molecule has 0 spiro atoms. The summed E-state index contributed by atoms with van der Waals surface area (Å²) in [4.78, 5) is 19.1. The average molecular weight is 324 g/mol. The van der Waals surface area contributed by atoms with Gasteiger partial charge in [-0.15, -0.1) is 5.10 Å². The van der Waals surface area contributed by atoms with Crippen molar-refractivity contribution in [2.24, 2.45) is 7.05 Å². The molecule has 4 rings (SSSR count). The van der Waals surface area contributed by atoms with Crippen LogP contribution in [0.15, 0.2) is 30.5 Å². The summed E-state index contributed by atoms with van der Waals surface area (Å²) < 4.78 is 3.74. The highest BCUT2D eigenvalue weighted by molar-refractivity contribution is 5.80. The van der Waals surface area contributed by atoms with E-state index in [1.165, 1.54) is 0 Å². The Hall–Kier alpha value is -2.70. The number of hydrogen-bond acceptors (Lipinski definition) is 4. The van der Waals surface area contributed by atoms with Crippen molar-refractivity contribution >= 4 is 16.9 Å². The molecule has 0 radical (unpaired) electrons. The van der Waals surface area contributed by atoms with Crippen molar-refractivity contribution in [3.8, 4) is 0 Å². The molecule has 7 nitrogen and oxygen atoms in total. The van der Waals surface area contributed by atoms with Crippen molar-refractivity contribution in [3.05, 3.63) is 42.0 Å². The van der Waals surface area contributed by atoms with E-state index in [4.69, 9.17) is 0 Å². The maximum Gasteiger partial charge on any atom is 0.244 e. The van der Waals surface area contributed by atoms with Crippen LogP contribution < -0.4 is 0 Å². The first-order chi connectivity index (χ1) is 11.6. The van der Waals surface area contributed by atoms with Crippen LogP contribution in [0.4, 0.5) is 0 Å². The Morgan fingerprint density at radius 3 is 2.96 bits per heavy atom. The van der Waals surface area contributed by atoms with Gasteiger partial charge in [0.15, 0.2) is 0 Å². The van der Waals surface area contributed by atoms with Gasteiger partial charge < -0.3 is 9.47 Å². The highest BCUT2D eigenvalue weighted by Crippen LogP contribution is 2.26. The van der Waals surface area contributed by atoms with Crippen molar-refractivity contribution in [3.63, 3.8) is 0 Å². The first-order valence-electron chi connectivity index (χ1n) is 8.17. The number of carbonyl (C=O) groups is 1. The van der Waals surface area contributed by atoms with Crippen LogP contribution in [0.3, 0.4) is 0 Å². The Bertz CT molecular complexity index is 896. The first kappa shape index (κ1) is 14.9. The zero-order valence-corrected chi connectivity index (χ0v) is 13.9. The Morgan fingerprint density at radius 1 is 1.33 bits per heavy atom. The van der Waals surface area contributed by atoms with E-state index < -0.39 is 0 Å². The molecule has 1 aliphatic rings. The van der Waals surface area contributed by atoms with Gasteiger partial charge in [0.2, 0.25) is 5.91 Å². The molecule has 1 aromatic carbocycles. The van der Waals surface area contributed by atoms with Crippen molar-refractivity contribution in [2.45, 2.75) is 25.8 Å². The van der Waals surface area contributed by atoms with Gasteiger partial charge in [0.25, 0.3) is 0 Å². The minimum Gasteiger partial charge on any atom is -0.340 e. The molecule has 0 saturated carbocycles. The lowest BCUT2D eigenvalue weighted by Crippen LogP contribution is -2.32. The molecule has 0 bridgehead atoms. The third-order valence-corrected chi connectivity index (χ3v) is 4.64. The third kappa shape index (κ3) is 2.55. The van der Waals surface area contributed by atoms with E-state index >= 15 is 0 Å². The fourth-order valence-electron chi connectivity index (χ4n) is 3.47. The number of carbonyl (C=O) groups excluding carboxylic acids is 1. The van der Waals surface area contributed by atoms with Gasteiger partial charge in [-0.3, -0.25) is 4.79 Å². The van der Waals surface area contributed by atoms with E-state index in [-0.39, 0.29) is 12.5 Å². The van der Waals surface area contributed by atoms with Gasteiger partial charge in [0, 0.05) is 32.3 Å². The molecule has 24 heavy (non-hydrogen) atoms. The largest absolute Gasteiger partial charge is 0.340 e. The van der Waals surface area contributed by atoms with Crippen LogP contribution in [-0.4, -0.2) is 48.4 Å². The standard InChI is InChI=1S/C17H20N6O/c1-12-9-21(2)17(18-12)13-7-8-22(10-13)16(24)11-23-15-6-4-3-5-14(15)19-20-23/h3-6,9,13H,7-8,10-11H2,1-2H3. The second kappa shape index (κ2) is 5.74. The Kier molecular flexibility index (Phi) is 3.55. The minimum absolute atomic E-state index is 0.0825. The van der Waals surface area contributed by atoms with Crippen LogP contribution >= 0.6 is 0 Å². The number of benzene rings is 1. The molecule has 7 heteroatoms. The summed E-state index contributed by atoms with van der Waals surface area (Å²) in [5.74, 6) is 1.45. The molecule has 2 aromatic heterocycles. The third-order valence-electron chi connectivity index (χ3n) is 4.64. The SMILES string of the molecule is Cc1cn(C)c(C2CCN(C(=O)Cn3nnc4ccccc43)C2)n1. The number of aromatic nitrogens is 5. The Labute approximate surface area is 139 Å². The second-order valence-electron chi connectivity index (χ2n) is 6.41. The molecular weight excluding hydrogens is 304 g/mol. The molecule has 1 fully saturated rings. The fourth-order valence-corrected chi connectivity index (χ4v) is 3.47. The quantitative estimate of drug-likeness (QED) is 0.732. The van der Waals surface area contributed by atoms with Crippen molar-refractivity contribution in [2.75, 3.05) is 13.1 Å². The van der Waals surface area contributed by atoms with Crippen molar-refractivity contribution < 1.29 is 4.79 Å². The van der Waals surface area contributed by atoms with Gasteiger partial charge in [0.1, 0.15) is 17.9 Å². The lowest BCUT2D eigenvalue weighted by molar-refractivity contribution is -0.130. The number of likely N-dealkylation sites (tertiary alicyclic amines) is 1. The number of fused-ring (bicyclic) bond motifs is 1. The minimum atomic E-state index is 0.0825. The van der Waals surface area contributed by atoms with Crippen LogP contribution in [0.1, 0.15) is 23.9 Å². The highest BCUT2D eigenvalue weighted by Gasteiger charge is 2.30. The number of amides is 1. The zero-order chi connectivity index (χ0) is 16.7. The molecule has 0 N–H and O–H groups in total. The zero-order valence-electron chi connectivity index (χ0n) is 13.9. The van der Waals surface area contributed by atoms with Gasteiger partial charge in [0.05, 0.1) is 11.2 Å². The molecule has 1 saturated heterocycles. The summed E-state index contributed by atoms with van der Waals surface area (Å²) in [7, 11) is 2.02. The van der Waals surface area contributed by atoms with E-state index in [2.05, 4.69) is 19.9 Å². The molecule has 3 aromatic rings. The predicted octanol–water partition coefficient (Wildman–Crippen LogP) is 1.49. The number of nitrogens with zero attached hydrogens (tertiary/aromatic N) is 6. The Balaban J connectivity index is 1.47. The topological polar surface area (TPSA) is 68.8 Å². The van der Waals surface area contributed by atoms with Gasteiger partial charge in [-0.05, 0) is 25.5 Å². The molecule has 1 aliphatic heterocycles. The predicted molar refractivity (Wildman–Crippen MR) is 89.4 cm³/mol. The van der Waals surface area contributed by atoms with E-state index in [9.17, 15) is 4.79 Å². The lowest BCUT2D eigenvalue weighted by atomic mass is 10.1. The molecule has 1 unspecified atom stereocenters. The molecule has 0 aliphatic carbocycles. The van der Waals surface area contributed by atoms with E-state index in [0.717, 1.165) is 42.1 Å². The maximum absolute atomic E-state index is 12.6. The van der Waals surface area contributed by atoms with Gasteiger partial charge >= 0.3 is 0 Å². The first-order valence-corrected chi connectivity index (χ1v) is 8.17. The fraction of sp³-hybridized carbons (Fsp3) is 0.412. The summed E-state index contributed by atoms with van der Waals surface area (Å²) in [5, 5.41) is 8.21. The Morgan fingerprint density at radius 2 is 2.17 bits per heavy atom. The summed E-state index contributed by atoms with van der Waals surface area (Å²) >= 11 is 0. The molecule has 124 valence electrons. The number of para-hydroxylation sites is 1. The molecule has 1 amide bonds. The number of imidazole rings is 1. The number of hydrogen-bond donors (Lipinski definition) is 0. The van der Waals surface area contributed by atoms with Crippen LogP contribution in [-0.2, 0) is 18.4 Å².